The fraction of sp³-hybridized carbons (Fsp3) is 0.385. The van der Waals surface area contributed by atoms with Gasteiger partial charge in [-0.05, 0) is 44.9 Å². The first-order chi connectivity index (χ1) is 8.45. The zero-order chi connectivity index (χ0) is 13.6. The van der Waals surface area contributed by atoms with Gasteiger partial charge in [-0.15, -0.1) is 0 Å². The van der Waals surface area contributed by atoms with Gasteiger partial charge in [0.1, 0.15) is 5.75 Å². The molecule has 0 N–H and O–H groups in total. The molecular weight excluding hydrogens is 316 g/mol. The van der Waals surface area contributed by atoms with Crippen molar-refractivity contribution in [2.75, 3.05) is 0 Å². The van der Waals surface area contributed by atoms with Crippen molar-refractivity contribution in [2.24, 2.45) is 0 Å². The Kier molecular flexibility index (Phi) is 5.88. The summed E-state index contributed by atoms with van der Waals surface area (Å²) >= 11 is 3.27. The molecule has 0 saturated carbocycles. The lowest BCUT2D eigenvalue weighted by Crippen LogP contribution is -2.23. The largest absolute Gasteiger partial charge is 0.382 e. The molecule has 3 nitrogen and oxygen atoms in total. The molecule has 100 valence electrons. The molecule has 0 heterocycles. The van der Waals surface area contributed by atoms with E-state index in [1.54, 1.807) is 25.1 Å². The molecule has 0 radical (unpaired) electrons. The fourth-order valence-electron chi connectivity index (χ4n) is 1.38. The molecule has 1 atom stereocenters. The summed E-state index contributed by atoms with van der Waals surface area (Å²) < 4.78 is 29.8. The third-order valence-corrected chi connectivity index (χ3v) is 4.62. The molecule has 1 aromatic rings. The van der Waals surface area contributed by atoms with E-state index in [9.17, 15) is 8.42 Å². The van der Waals surface area contributed by atoms with E-state index in [4.69, 9.17) is 4.18 Å². The van der Waals surface area contributed by atoms with Crippen molar-refractivity contribution < 1.29 is 12.6 Å². The van der Waals surface area contributed by atoms with Crippen LogP contribution in [0.4, 0.5) is 0 Å². The van der Waals surface area contributed by atoms with Gasteiger partial charge in [-0.25, -0.2) is 0 Å². The summed E-state index contributed by atoms with van der Waals surface area (Å²) in [6.45, 7) is 3.58. The minimum absolute atomic E-state index is 0.335. The first-order valence-electron chi connectivity index (χ1n) is 5.75. The highest BCUT2D eigenvalue weighted by Crippen LogP contribution is 2.21. The molecule has 0 amide bonds. The van der Waals surface area contributed by atoms with Crippen molar-refractivity contribution in [2.45, 2.75) is 31.9 Å². The van der Waals surface area contributed by atoms with Gasteiger partial charge in [0.2, 0.25) is 0 Å². The predicted octanol–water partition coefficient (Wildman–Crippen LogP) is 3.90. The minimum atomic E-state index is -3.57. The molecule has 1 aromatic carbocycles. The lowest BCUT2D eigenvalue weighted by Gasteiger charge is -2.13. The van der Waals surface area contributed by atoms with Crippen LogP contribution in [0.5, 0.6) is 5.75 Å². The normalized spacial score (nSPS) is 13.7. The predicted molar refractivity (Wildman–Crippen MR) is 77.2 cm³/mol. The second-order valence-electron chi connectivity index (χ2n) is 3.99. The van der Waals surface area contributed by atoms with Crippen LogP contribution in [0, 0.1) is 0 Å². The van der Waals surface area contributed by atoms with E-state index in [-0.39, 0.29) is 0 Å². The number of hydrogen-bond acceptors (Lipinski definition) is 3. The van der Waals surface area contributed by atoms with Crippen LogP contribution in [0.1, 0.15) is 26.7 Å². The maximum Gasteiger partial charge on any atom is 0.311 e. The van der Waals surface area contributed by atoms with E-state index in [0.717, 1.165) is 10.9 Å². The Morgan fingerprint density at radius 3 is 2.78 bits per heavy atom. The average Bonchev–Trinajstić information content (AvgIpc) is 2.28. The summed E-state index contributed by atoms with van der Waals surface area (Å²) in [5.41, 5.74) is 0. The molecule has 0 aromatic heterocycles. The second kappa shape index (κ2) is 6.95. The van der Waals surface area contributed by atoms with Gasteiger partial charge in [-0.1, -0.05) is 34.1 Å². The van der Waals surface area contributed by atoms with Crippen molar-refractivity contribution in [1.82, 2.24) is 0 Å². The van der Waals surface area contributed by atoms with Crippen LogP contribution in [-0.4, -0.2) is 13.7 Å². The lowest BCUT2D eigenvalue weighted by atomic mass is 10.2. The minimum Gasteiger partial charge on any atom is -0.382 e. The van der Waals surface area contributed by atoms with Gasteiger partial charge in [-0.2, -0.15) is 8.42 Å². The highest BCUT2D eigenvalue weighted by Gasteiger charge is 2.22. The van der Waals surface area contributed by atoms with E-state index < -0.39 is 15.4 Å². The maximum absolute atomic E-state index is 11.9. The second-order valence-corrected chi connectivity index (χ2v) is 6.86. The van der Waals surface area contributed by atoms with Crippen molar-refractivity contribution in [3.05, 3.63) is 40.9 Å². The monoisotopic (exact) mass is 332 g/mol. The van der Waals surface area contributed by atoms with Crippen LogP contribution in [0.2, 0.25) is 0 Å². The van der Waals surface area contributed by atoms with Gasteiger partial charge in [0.25, 0.3) is 0 Å². The molecule has 18 heavy (non-hydrogen) atoms. The molecule has 1 unspecified atom stereocenters. The zero-order valence-electron chi connectivity index (χ0n) is 10.5. The van der Waals surface area contributed by atoms with Crippen LogP contribution in [-0.2, 0) is 10.1 Å². The topological polar surface area (TPSA) is 43.4 Å². The summed E-state index contributed by atoms with van der Waals surface area (Å²) in [4.78, 5) is 0. The van der Waals surface area contributed by atoms with Crippen LogP contribution in [0.15, 0.2) is 40.9 Å². The van der Waals surface area contributed by atoms with Crippen LogP contribution in [0.25, 0.3) is 0 Å². The summed E-state index contributed by atoms with van der Waals surface area (Å²) in [5.74, 6) is 0.335. The molecular formula is C13H17BrO3S. The molecule has 0 fully saturated rings. The molecule has 0 aliphatic heterocycles. The summed E-state index contributed by atoms with van der Waals surface area (Å²) in [7, 11) is -3.57. The molecule has 1 rings (SSSR count). The SMILES string of the molecule is CC=CCCC(C)S(=O)(=O)Oc1cccc(Br)c1. The molecule has 0 aliphatic rings. The molecule has 0 bridgehead atoms. The van der Waals surface area contributed by atoms with Gasteiger partial charge in [0, 0.05) is 4.47 Å². The quantitative estimate of drug-likeness (QED) is 0.586. The van der Waals surface area contributed by atoms with Crippen LogP contribution >= 0.6 is 15.9 Å². The maximum atomic E-state index is 11.9. The van der Waals surface area contributed by atoms with Gasteiger partial charge < -0.3 is 4.18 Å². The molecule has 0 spiro atoms. The van der Waals surface area contributed by atoms with Gasteiger partial charge in [0.15, 0.2) is 0 Å². The van der Waals surface area contributed by atoms with E-state index >= 15 is 0 Å². The summed E-state index contributed by atoms with van der Waals surface area (Å²) in [6.07, 6.45) is 5.15. The number of hydrogen-bond donors (Lipinski definition) is 0. The van der Waals surface area contributed by atoms with E-state index in [0.29, 0.717) is 12.2 Å². The van der Waals surface area contributed by atoms with Gasteiger partial charge >= 0.3 is 10.1 Å². The smallest absolute Gasteiger partial charge is 0.311 e. The third kappa shape index (κ3) is 4.82. The molecule has 5 heteroatoms. The van der Waals surface area contributed by atoms with Crippen molar-refractivity contribution in [3.8, 4) is 5.75 Å². The number of rotatable bonds is 6. The standard InChI is InChI=1S/C13H17BrO3S/c1-3-4-5-7-11(2)18(15,16)17-13-9-6-8-12(14)10-13/h3-4,6,8-11H,5,7H2,1-2H3. The van der Waals surface area contributed by atoms with Crippen LogP contribution in [0.3, 0.4) is 0 Å². The Labute approximate surface area is 117 Å². The Balaban J connectivity index is 2.69. The lowest BCUT2D eigenvalue weighted by molar-refractivity contribution is 0.470. The summed E-state index contributed by atoms with van der Waals surface area (Å²) in [5, 5.41) is -0.521. The Bertz CT molecular complexity index is 509. The summed E-state index contributed by atoms with van der Waals surface area (Å²) in [6, 6.07) is 6.81. The van der Waals surface area contributed by atoms with Gasteiger partial charge in [0.05, 0.1) is 5.25 Å². The fourth-order valence-corrected chi connectivity index (χ4v) is 2.72. The van der Waals surface area contributed by atoms with Gasteiger partial charge in [-0.3, -0.25) is 0 Å². The third-order valence-electron chi connectivity index (χ3n) is 2.48. The van der Waals surface area contributed by atoms with E-state index in [2.05, 4.69) is 15.9 Å². The average molecular weight is 333 g/mol. The number of allylic oxidation sites excluding steroid dienone is 2. The molecule has 0 aliphatic carbocycles. The Morgan fingerprint density at radius 2 is 2.17 bits per heavy atom. The van der Waals surface area contributed by atoms with E-state index in [1.807, 2.05) is 25.1 Å². The van der Waals surface area contributed by atoms with Crippen LogP contribution < -0.4 is 4.18 Å². The van der Waals surface area contributed by atoms with E-state index in [1.165, 1.54) is 0 Å². The highest BCUT2D eigenvalue weighted by molar-refractivity contribution is 9.10. The van der Waals surface area contributed by atoms with Crippen molar-refractivity contribution in [1.29, 1.82) is 0 Å². The first kappa shape index (κ1) is 15.2. The Morgan fingerprint density at radius 1 is 1.44 bits per heavy atom. The Hall–Kier alpha value is -0.810. The first-order valence-corrected chi connectivity index (χ1v) is 8.02. The highest BCUT2D eigenvalue weighted by atomic mass is 79.9. The number of benzene rings is 1. The van der Waals surface area contributed by atoms with Crippen molar-refractivity contribution in [3.63, 3.8) is 0 Å². The number of halogens is 1. The zero-order valence-corrected chi connectivity index (χ0v) is 12.9. The van der Waals surface area contributed by atoms with Crippen molar-refractivity contribution >= 4 is 26.0 Å². The molecule has 0 saturated heterocycles.